The van der Waals surface area contributed by atoms with E-state index in [0.717, 1.165) is 5.92 Å². The summed E-state index contributed by atoms with van der Waals surface area (Å²) in [7, 11) is 0. The van der Waals surface area contributed by atoms with Gasteiger partial charge in [0.15, 0.2) is 0 Å². The summed E-state index contributed by atoms with van der Waals surface area (Å²) in [6.07, 6.45) is 6.05. The molecule has 0 radical (unpaired) electrons. The van der Waals surface area contributed by atoms with Crippen LogP contribution in [0.1, 0.15) is 51.6 Å². The molecule has 0 aromatic carbocycles. The molecule has 2 nitrogen and oxygen atoms in total. The molecule has 0 saturated carbocycles. The standard InChI is InChI=1S/C15H24N2/c1-4-13-7-9-17(10-8-13)14-5-6-15(12(2)3)16-11-14/h5-6,11-13H,4,7-10H2,1-3H3. The second-order valence-corrected chi connectivity index (χ2v) is 5.43. The number of pyridine rings is 1. The Morgan fingerprint density at radius 3 is 2.47 bits per heavy atom. The van der Waals surface area contributed by atoms with Gasteiger partial charge in [-0.1, -0.05) is 27.2 Å². The van der Waals surface area contributed by atoms with Gasteiger partial charge in [-0.2, -0.15) is 0 Å². The van der Waals surface area contributed by atoms with Gasteiger partial charge >= 0.3 is 0 Å². The third-order valence-corrected chi connectivity index (χ3v) is 3.92. The Bertz CT molecular complexity index is 334. The summed E-state index contributed by atoms with van der Waals surface area (Å²) < 4.78 is 0. The van der Waals surface area contributed by atoms with Crippen molar-refractivity contribution in [2.45, 2.75) is 46.0 Å². The fourth-order valence-corrected chi connectivity index (χ4v) is 2.53. The lowest BCUT2D eigenvalue weighted by Crippen LogP contribution is -2.33. The minimum atomic E-state index is 0.523. The lowest BCUT2D eigenvalue weighted by Gasteiger charge is -2.33. The van der Waals surface area contributed by atoms with Crippen molar-refractivity contribution in [3.63, 3.8) is 0 Å². The highest BCUT2D eigenvalue weighted by Crippen LogP contribution is 2.25. The fourth-order valence-electron chi connectivity index (χ4n) is 2.53. The third-order valence-electron chi connectivity index (χ3n) is 3.92. The molecule has 0 bridgehead atoms. The molecule has 1 aromatic rings. The Hall–Kier alpha value is -1.05. The average Bonchev–Trinajstić information content (AvgIpc) is 2.39. The molecule has 0 aliphatic carbocycles. The van der Waals surface area contributed by atoms with Gasteiger partial charge in [0.2, 0.25) is 0 Å². The van der Waals surface area contributed by atoms with Gasteiger partial charge in [-0.05, 0) is 36.8 Å². The Labute approximate surface area is 105 Å². The minimum Gasteiger partial charge on any atom is -0.370 e. The molecule has 1 saturated heterocycles. The summed E-state index contributed by atoms with van der Waals surface area (Å²) in [6, 6.07) is 4.40. The van der Waals surface area contributed by atoms with Crippen LogP contribution in [0.5, 0.6) is 0 Å². The number of piperidine rings is 1. The van der Waals surface area contributed by atoms with E-state index in [4.69, 9.17) is 0 Å². The second kappa shape index (κ2) is 5.52. The monoisotopic (exact) mass is 232 g/mol. The first-order valence-electron chi connectivity index (χ1n) is 6.91. The highest BCUT2D eigenvalue weighted by molar-refractivity contribution is 5.45. The number of hydrogen-bond donors (Lipinski definition) is 0. The molecule has 2 rings (SSSR count). The highest BCUT2D eigenvalue weighted by Gasteiger charge is 2.18. The Morgan fingerprint density at radius 1 is 1.29 bits per heavy atom. The van der Waals surface area contributed by atoms with Crippen molar-refractivity contribution in [2.75, 3.05) is 18.0 Å². The van der Waals surface area contributed by atoms with Crippen molar-refractivity contribution < 1.29 is 0 Å². The average molecular weight is 232 g/mol. The van der Waals surface area contributed by atoms with Crippen molar-refractivity contribution in [2.24, 2.45) is 5.92 Å². The number of hydrogen-bond acceptors (Lipinski definition) is 2. The molecular formula is C15H24N2. The number of aromatic nitrogens is 1. The summed E-state index contributed by atoms with van der Waals surface area (Å²) in [5, 5.41) is 0. The normalized spacial score (nSPS) is 17.8. The van der Waals surface area contributed by atoms with Gasteiger partial charge in [0.25, 0.3) is 0 Å². The predicted molar refractivity (Wildman–Crippen MR) is 73.6 cm³/mol. The maximum Gasteiger partial charge on any atom is 0.0552 e. The molecule has 0 amide bonds. The summed E-state index contributed by atoms with van der Waals surface area (Å²) in [4.78, 5) is 7.03. The van der Waals surface area contributed by atoms with Crippen LogP contribution < -0.4 is 4.90 Å². The van der Waals surface area contributed by atoms with Crippen LogP contribution in [0.4, 0.5) is 5.69 Å². The van der Waals surface area contributed by atoms with Gasteiger partial charge in [0.1, 0.15) is 0 Å². The zero-order chi connectivity index (χ0) is 12.3. The van der Waals surface area contributed by atoms with Crippen LogP contribution in [0, 0.1) is 5.92 Å². The highest BCUT2D eigenvalue weighted by atomic mass is 15.1. The summed E-state index contributed by atoms with van der Waals surface area (Å²) >= 11 is 0. The molecule has 0 spiro atoms. The quantitative estimate of drug-likeness (QED) is 0.787. The summed E-state index contributed by atoms with van der Waals surface area (Å²) in [6.45, 7) is 9.07. The van der Waals surface area contributed by atoms with Gasteiger partial charge in [-0.3, -0.25) is 4.98 Å². The van der Waals surface area contributed by atoms with Gasteiger partial charge < -0.3 is 4.90 Å². The zero-order valence-electron chi connectivity index (χ0n) is 11.3. The molecule has 1 fully saturated rings. The Kier molecular flexibility index (Phi) is 4.03. The molecule has 1 aliphatic rings. The zero-order valence-corrected chi connectivity index (χ0v) is 11.3. The molecule has 2 heteroatoms. The predicted octanol–water partition coefficient (Wildman–Crippen LogP) is 3.83. The van der Waals surface area contributed by atoms with E-state index in [1.54, 1.807) is 0 Å². The Morgan fingerprint density at radius 2 is 2.00 bits per heavy atom. The summed E-state index contributed by atoms with van der Waals surface area (Å²) in [5.74, 6) is 1.46. The van der Waals surface area contributed by atoms with Crippen molar-refractivity contribution in [3.8, 4) is 0 Å². The van der Waals surface area contributed by atoms with Crippen LogP contribution >= 0.6 is 0 Å². The smallest absolute Gasteiger partial charge is 0.0552 e. The number of anilines is 1. The van der Waals surface area contributed by atoms with Crippen molar-refractivity contribution >= 4 is 5.69 Å². The molecule has 0 unspecified atom stereocenters. The van der Waals surface area contributed by atoms with Gasteiger partial charge in [-0.25, -0.2) is 0 Å². The van der Waals surface area contributed by atoms with E-state index in [-0.39, 0.29) is 0 Å². The molecule has 17 heavy (non-hydrogen) atoms. The van der Waals surface area contributed by atoms with E-state index < -0.39 is 0 Å². The number of nitrogens with zero attached hydrogens (tertiary/aromatic N) is 2. The van der Waals surface area contributed by atoms with E-state index in [1.165, 1.54) is 43.7 Å². The second-order valence-electron chi connectivity index (χ2n) is 5.43. The van der Waals surface area contributed by atoms with Crippen molar-refractivity contribution in [1.29, 1.82) is 0 Å². The van der Waals surface area contributed by atoms with Gasteiger partial charge in [0.05, 0.1) is 11.9 Å². The molecular weight excluding hydrogens is 208 g/mol. The first kappa shape index (κ1) is 12.4. The molecule has 1 aliphatic heterocycles. The van der Waals surface area contributed by atoms with Crippen LogP contribution in [0.25, 0.3) is 0 Å². The van der Waals surface area contributed by atoms with E-state index >= 15 is 0 Å². The third kappa shape index (κ3) is 2.99. The maximum absolute atomic E-state index is 4.55. The molecule has 2 heterocycles. The minimum absolute atomic E-state index is 0.523. The van der Waals surface area contributed by atoms with E-state index in [9.17, 15) is 0 Å². The van der Waals surface area contributed by atoms with Crippen LogP contribution in [-0.2, 0) is 0 Å². The van der Waals surface area contributed by atoms with Gasteiger partial charge in [0, 0.05) is 18.8 Å². The summed E-state index contributed by atoms with van der Waals surface area (Å²) in [5.41, 5.74) is 2.49. The molecule has 0 atom stereocenters. The fraction of sp³-hybridized carbons (Fsp3) is 0.667. The largest absolute Gasteiger partial charge is 0.370 e. The SMILES string of the molecule is CCC1CCN(c2ccc(C(C)C)nc2)CC1. The lowest BCUT2D eigenvalue weighted by atomic mass is 9.94. The van der Waals surface area contributed by atoms with E-state index in [2.05, 4.69) is 42.8 Å². The van der Waals surface area contributed by atoms with E-state index in [1.807, 2.05) is 6.20 Å². The molecule has 0 N–H and O–H groups in total. The molecule has 1 aromatic heterocycles. The van der Waals surface area contributed by atoms with Crippen LogP contribution in [-0.4, -0.2) is 18.1 Å². The van der Waals surface area contributed by atoms with Gasteiger partial charge in [-0.15, -0.1) is 0 Å². The van der Waals surface area contributed by atoms with Crippen LogP contribution in [0.2, 0.25) is 0 Å². The van der Waals surface area contributed by atoms with Crippen LogP contribution in [0.3, 0.4) is 0 Å². The van der Waals surface area contributed by atoms with E-state index in [0.29, 0.717) is 5.92 Å². The van der Waals surface area contributed by atoms with Crippen molar-refractivity contribution in [3.05, 3.63) is 24.0 Å². The molecule has 94 valence electrons. The number of rotatable bonds is 3. The topological polar surface area (TPSA) is 16.1 Å². The maximum atomic E-state index is 4.55. The first-order valence-corrected chi connectivity index (χ1v) is 6.91. The Balaban J connectivity index is 1.99. The van der Waals surface area contributed by atoms with Crippen molar-refractivity contribution in [1.82, 2.24) is 4.98 Å². The first-order chi connectivity index (χ1) is 8.20. The lowest BCUT2D eigenvalue weighted by molar-refractivity contribution is 0.395. The van der Waals surface area contributed by atoms with Crippen LogP contribution in [0.15, 0.2) is 18.3 Å².